The van der Waals surface area contributed by atoms with Gasteiger partial charge in [-0.3, -0.25) is 4.79 Å². The lowest BCUT2D eigenvalue weighted by molar-refractivity contribution is 0.102. The summed E-state index contributed by atoms with van der Waals surface area (Å²) in [6.45, 7) is 12.1. The number of anilines is 1. The number of hydrogen-bond acceptors (Lipinski definition) is 6. The molecule has 10 heteroatoms. The highest BCUT2D eigenvalue weighted by Gasteiger charge is 2.31. The van der Waals surface area contributed by atoms with Gasteiger partial charge in [0.1, 0.15) is 5.75 Å². The van der Waals surface area contributed by atoms with E-state index in [1.165, 1.54) is 22.5 Å². The lowest BCUT2D eigenvalue weighted by Gasteiger charge is -2.20. The number of aromatic hydroxyl groups is 1. The van der Waals surface area contributed by atoms with Crippen LogP contribution in [0.5, 0.6) is 5.75 Å². The zero-order valence-electron chi connectivity index (χ0n) is 21.1. The third kappa shape index (κ3) is 4.64. The minimum Gasteiger partial charge on any atom is -0.506 e. The molecule has 0 unspecified atom stereocenters. The van der Waals surface area contributed by atoms with Gasteiger partial charge < -0.3 is 10.4 Å². The predicted octanol–water partition coefficient (Wildman–Crippen LogP) is 4.36. The Morgan fingerprint density at radius 1 is 1.20 bits per heavy atom. The van der Waals surface area contributed by atoms with Gasteiger partial charge in [-0.05, 0) is 64.8 Å². The summed E-state index contributed by atoms with van der Waals surface area (Å²) in [5, 5.41) is 18.5. The SMILES string of the molecule is CCN(CC)S(=O)(=O)c1ccc(O)c(NC(=O)c2cc(C3CC3)nc3c2c(C)nn3C(C)(C)C)c1. The Hall–Kier alpha value is -2.98. The lowest BCUT2D eigenvalue weighted by atomic mass is 10.1. The summed E-state index contributed by atoms with van der Waals surface area (Å²) in [7, 11) is -3.76. The average Bonchev–Trinajstić information content (AvgIpc) is 3.58. The van der Waals surface area contributed by atoms with Gasteiger partial charge in [-0.1, -0.05) is 13.8 Å². The molecular formula is C25H33N5O4S. The number of nitrogens with one attached hydrogen (secondary N) is 1. The van der Waals surface area contributed by atoms with Crippen LogP contribution >= 0.6 is 0 Å². The largest absolute Gasteiger partial charge is 0.506 e. The zero-order valence-corrected chi connectivity index (χ0v) is 21.9. The highest BCUT2D eigenvalue weighted by Crippen LogP contribution is 2.41. The Labute approximate surface area is 206 Å². The molecular weight excluding hydrogens is 466 g/mol. The fourth-order valence-electron chi connectivity index (χ4n) is 4.22. The van der Waals surface area contributed by atoms with Crippen LogP contribution in [0.15, 0.2) is 29.2 Å². The number of hydrogen-bond donors (Lipinski definition) is 2. The number of nitrogens with zero attached hydrogens (tertiary/aromatic N) is 4. The first-order chi connectivity index (χ1) is 16.4. The molecule has 0 spiro atoms. The molecule has 35 heavy (non-hydrogen) atoms. The van der Waals surface area contributed by atoms with Crippen molar-refractivity contribution < 1.29 is 18.3 Å². The molecule has 1 aliphatic carbocycles. The average molecular weight is 500 g/mol. The number of phenolic OH excluding ortho intramolecular Hbond substituents is 1. The molecule has 1 fully saturated rings. The fourth-order valence-corrected chi connectivity index (χ4v) is 5.71. The standard InChI is InChI=1S/C25H33N5O4S/c1-7-29(8-2)35(33,34)17-11-12-21(31)20(13-17)27-24(32)18-14-19(16-9-10-16)26-23-22(18)15(3)28-30(23)25(4,5)6/h11-14,16,31H,7-10H2,1-6H3,(H,27,32). The minimum atomic E-state index is -3.76. The van der Waals surface area contributed by atoms with Gasteiger partial charge >= 0.3 is 0 Å². The second-order valence-corrected chi connectivity index (χ2v) is 11.9. The molecule has 1 saturated carbocycles. The van der Waals surface area contributed by atoms with Crippen LogP contribution < -0.4 is 5.32 Å². The molecule has 0 radical (unpaired) electrons. The first kappa shape index (κ1) is 25.1. The van der Waals surface area contributed by atoms with E-state index in [2.05, 4.69) is 10.4 Å². The molecule has 2 aromatic heterocycles. The van der Waals surface area contributed by atoms with E-state index < -0.39 is 15.9 Å². The van der Waals surface area contributed by atoms with E-state index in [0.717, 1.165) is 18.5 Å². The van der Waals surface area contributed by atoms with E-state index in [1.54, 1.807) is 19.9 Å². The molecule has 1 aliphatic rings. The van der Waals surface area contributed by atoms with Crippen LogP contribution in [0.3, 0.4) is 0 Å². The highest BCUT2D eigenvalue weighted by molar-refractivity contribution is 7.89. The number of benzene rings is 1. The van der Waals surface area contributed by atoms with Crippen molar-refractivity contribution in [2.45, 2.75) is 70.7 Å². The van der Waals surface area contributed by atoms with Crippen LogP contribution in [0.1, 0.15) is 75.1 Å². The number of pyridine rings is 1. The maximum Gasteiger partial charge on any atom is 0.256 e. The smallest absolute Gasteiger partial charge is 0.256 e. The monoisotopic (exact) mass is 499 g/mol. The van der Waals surface area contributed by atoms with Crippen molar-refractivity contribution in [3.05, 3.63) is 41.2 Å². The van der Waals surface area contributed by atoms with Crippen LogP contribution in [-0.4, -0.2) is 51.6 Å². The van der Waals surface area contributed by atoms with E-state index in [0.29, 0.717) is 41.3 Å². The topological polar surface area (TPSA) is 117 Å². The summed E-state index contributed by atoms with van der Waals surface area (Å²) in [5.41, 5.74) is 2.27. The Balaban J connectivity index is 1.79. The van der Waals surface area contributed by atoms with Crippen molar-refractivity contribution in [3.63, 3.8) is 0 Å². The van der Waals surface area contributed by atoms with Crippen molar-refractivity contribution in [1.82, 2.24) is 19.1 Å². The summed E-state index contributed by atoms with van der Waals surface area (Å²) < 4.78 is 29.1. The number of phenols is 1. The summed E-state index contributed by atoms with van der Waals surface area (Å²) in [6, 6.07) is 5.72. The minimum absolute atomic E-state index is 0.00424. The number of fused-ring (bicyclic) bond motifs is 1. The molecule has 0 atom stereocenters. The molecule has 2 N–H and O–H groups in total. The van der Waals surface area contributed by atoms with Gasteiger partial charge in [0.15, 0.2) is 5.65 Å². The Morgan fingerprint density at radius 3 is 2.43 bits per heavy atom. The quantitative estimate of drug-likeness (QED) is 0.467. The number of amides is 1. The predicted molar refractivity (Wildman–Crippen MR) is 135 cm³/mol. The van der Waals surface area contributed by atoms with Gasteiger partial charge in [0.25, 0.3) is 5.91 Å². The van der Waals surface area contributed by atoms with E-state index in [9.17, 15) is 18.3 Å². The molecule has 2 heterocycles. The summed E-state index contributed by atoms with van der Waals surface area (Å²) in [6.07, 6.45) is 2.04. The summed E-state index contributed by atoms with van der Waals surface area (Å²) >= 11 is 0. The number of aryl methyl sites for hydroxylation is 1. The van der Waals surface area contributed by atoms with Gasteiger partial charge in [-0.25, -0.2) is 18.1 Å². The summed E-state index contributed by atoms with van der Waals surface area (Å²) in [4.78, 5) is 18.4. The van der Waals surface area contributed by atoms with Crippen LogP contribution in [-0.2, 0) is 15.6 Å². The van der Waals surface area contributed by atoms with Gasteiger partial charge in [0, 0.05) is 24.7 Å². The zero-order chi connectivity index (χ0) is 25.7. The van der Waals surface area contributed by atoms with Crippen LogP contribution in [0.2, 0.25) is 0 Å². The fraction of sp³-hybridized carbons (Fsp3) is 0.480. The first-order valence-electron chi connectivity index (χ1n) is 11.9. The molecule has 9 nitrogen and oxygen atoms in total. The second-order valence-electron chi connectivity index (χ2n) is 9.96. The number of carbonyl (C=O) groups is 1. The van der Waals surface area contributed by atoms with E-state index in [1.807, 2.05) is 32.4 Å². The van der Waals surface area contributed by atoms with E-state index in [-0.39, 0.29) is 21.9 Å². The van der Waals surface area contributed by atoms with E-state index in [4.69, 9.17) is 4.98 Å². The van der Waals surface area contributed by atoms with Crippen LogP contribution in [0, 0.1) is 6.92 Å². The molecule has 0 bridgehead atoms. The van der Waals surface area contributed by atoms with Gasteiger partial charge in [-0.15, -0.1) is 0 Å². The number of carbonyl (C=O) groups excluding carboxylic acids is 1. The Kier molecular flexibility index (Phi) is 6.39. The first-order valence-corrected chi connectivity index (χ1v) is 13.4. The van der Waals surface area contributed by atoms with Gasteiger partial charge in [0.2, 0.25) is 10.0 Å². The third-order valence-electron chi connectivity index (χ3n) is 6.27. The molecule has 1 aromatic carbocycles. The van der Waals surface area contributed by atoms with E-state index >= 15 is 0 Å². The molecule has 1 amide bonds. The van der Waals surface area contributed by atoms with Crippen molar-refractivity contribution in [3.8, 4) is 5.75 Å². The highest BCUT2D eigenvalue weighted by atomic mass is 32.2. The number of rotatable bonds is 7. The molecule has 3 aromatic rings. The summed E-state index contributed by atoms with van der Waals surface area (Å²) in [5.74, 6) is -0.360. The third-order valence-corrected chi connectivity index (χ3v) is 8.31. The van der Waals surface area contributed by atoms with Crippen LogP contribution in [0.25, 0.3) is 11.0 Å². The van der Waals surface area contributed by atoms with Crippen molar-refractivity contribution in [2.24, 2.45) is 0 Å². The Bertz CT molecular complexity index is 1400. The van der Waals surface area contributed by atoms with Crippen molar-refractivity contribution in [2.75, 3.05) is 18.4 Å². The van der Waals surface area contributed by atoms with Crippen LogP contribution in [0.4, 0.5) is 5.69 Å². The second kappa shape index (κ2) is 8.91. The lowest BCUT2D eigenvalue weighted by Crippen LogP contribution is -2.30. The molecule has 188 valence electrons. The molecule has 4 rings (SSSR count). The van der Waals surface area contributed by atoms with Gasteiger partial charge in [0.05, 0.1) is 32.8 Å². The number of sulfonamides is 1. The maximum absolute atomic E-state index is 13.5. The van der Waals surface area contributed by atoms with Crippen molar-refractivity contribution >= 4 is 32.7 Å². The molecule has 0 saturated heterocycles. The van der Waals surface area contributed by atoms with Gasteiger partial charge in [-0.2, -0.15) is 9.40 Å². The maximum atomic E-state index is 13.5. The van der Waals surface area contributed by atoms with Crippen molar-refractivity contribution in [1.29, 1.82) is 0 Å². The Morgan fingerprint density at radius 2 is 1.86 bits per heavy atom. The normalized spacial score (nSPS) is 14.6. The number of aromatic nitrogens is 3. The molecule has 0 aliphatic heterocycles.